The first-order chi connectivity index (χ1) is 13.3. The molecule has 150 valence electrons. The minimum absolute atomic E-state index is 0.256. The van der Waals surface area contributed by atoms with E-state index in [0.717, 1.165) is 0 Å². The van der Waals surface area contributed by atoms with Crippen molar-refractivity contribution >= 4 is 29.2 Å². The molecule has 0 fully saturated rings. The summed E-state index contributed by atoms with van der Waals surface area (Å²) in [6.45, 7) is 6.08. The number of anilines is 1. The van der Waals surface area contributed by atoms with Crippen LogP contribution in [0.3, 0.4) is 0 Å². The van der Waals surface area contributed by atoms with Crippen LogP contribution in [0.2, 0.25) is 5.02 Å². The molecule has 0 saturated carbocycles. The molecule has 7 heteroatoms. The van der Waals surface area contributed by atoms with E-state index in [4.69, 9.17) is 25.8 Å². The normalized spacial score (nSPS) is 11.6. The van der Waals surface area contributed by atoms with Crippen molar-refractivity contribution in [2.24, 2.45) is 5.92 Å². The first-order valence-corrected chi connectivity index (χ1v) is 9.26. The number of rotatable bonds is 8. The van der Waals surface area contributed by atoms with Crippen molar-refractivity contribution in [3.8, 4) is 11.5 Å². The first-order valence-electron chi connectivity index (χ1n) is 8.89. The van der Waals surface area contributed by atoms with Gasteiger partial charge >= 0.3 is 5.97 Å². The van der Waals surface area contributed by atoms with E-state index >= 15 is 0 Å². The van der Waals surface area contributed by atoms with Gasteiger partial charge in [-0.2, -0.15) is 0 Å². The number of ether oxygens (including phenoxy) is 3. The smallest absolute Gasteiger partial charge is 0.339 e. The average molecular weight is 406 g/mol. The van der Waals surface area contributed by atoms with Crippen molar-refractivity contribution in [1.29, 1.82) is 0 Å². The molecule has 2 rings (SSSR count). The zero-order chi connectivity index (χ0) is 20.7. The highest BCUT2D eigenvalue weighted by molar-refractivity contribution is 6.33. The Balaban J connectivity index is 2.03. The van der Waals surface area contributed by atoms with Crippen LogP contribution in [0.25, 0.3) is 0 Å². The van der Waals surface area contributed by atoms with Crippen LogP contribution in [0.1, 0.15) is 31.1 Å². The van der Waals surface area contributed by atoms with Crippen molar-refractivity contribution in [2.75, 3.05) is 19.0 Å². The fraction of sp³-hybridized carbons (Fsp3) is 0.333. The van der Waals surface area contributed by atoms with Crippen LogP contribution in [-0.4, -0.2) is 31.7 Å². The second-order valence-electron chi connectivity index (χ2n) is 6.59. The molecule has 28 heavy (non-hydrogen) atoms. The number of para-hydroxylation sites is 1. The summed E-state index contributed by atoms with van der Waals surface area (Å²) in [5.41, 5.74) is 0.705. The number of esters is 1. The van der Waals surface area contributed by atoms with Crippen LogP contribution in [0.15, 0.2) is 42.5 Å². The maximum Gasteiger partial charge on any atom is 0.339 e. The summed E-state index contributed by atoms with van der Waals surface area (Å²) in [5, 5.41) is 3.03. The molecule has 0 unspecified atom stereocenters. The van der Waals surface area contributed by atoms with E-state index in [9.17, 15) is 9.59 Å². The summed E-state index contributed by atoms with van der Waals surface area (Å²) in [7, 11) is 1.49. The monoisotopic (exact) mass is 405 g/mol. The van der Waals surface area contributed by atoms with Crippen molar-refractivity contribution in [3.63, 3.8) is 0 Å². The van der Waals surface area contributed by atoms with Crippen LogP contribution in [0.5, 0.6) is 11.5 Å². The van der Waals surface area contributed by atoms with Gasteiger partial charge in [-0.05, 0) is 43.2 Å². The number of hydrogen-bond donors (Lipinski definition) is 1. The predicted molar refractivity (Wildman–Crippen MR) is 108 cm³/mol. The second-order valence-corrected chi connectivity index (χ2v) is 6.99. The molecule has 0 bridgehead atoms. The Morgan fingerprint density at radius 3 is 2.43 bits per heavy atom. The second kappa shape index (κ2) is 9.99. The van der Waals surface area contributed by atoms with Crippen LogP contribution >= 0.6 is 11.6 Å². The third-order valence-corrected chi connectivity index (χ3v) is 4.09. The summed E-state index contributed by atoms with van der Waals surface area (Å²) in [6.07, 6.45) is -1.01. The number of carbonyl (C=O) groups is 2. The van der Waals surface area contributed by atoms with Gasteiger partial charge in [0.1, 0.15) is 0 Å². The molecule has 6 nitrogen and oxygen atoms in total. The van der Waals surface area contributed by atoms with E-state index < -0.39 is 18.0 Å². The molecular weight excluding hydrogens is 382 g/mol. The molecule has 0 radical (unpaired) electrons. The van der Waals surface area contributed by atoms with Crippen LogP contribution < -0.4 is 14.8 Å². The lowest BCUT2D eigenvalue weighted by Crippen LogP contribution is -2.30. The van der Waals surface area contributed by atoms with Gasteiger partial charge in [-0.15, -0.1) is 0 Å². The minimum atomic E-state index is -1.01. The maximum absolute atomic E-state index is 12.4. The highest BCUT2D eigenvalue weighted by atomic mass is 35.5. The molecule has 0 aliphatic heterocycles. The van der Waals surface area contributed by atoms with Gasteiger partial charge in [0.15, 0.2) is 17.6 Å². The molecule has 0 heterocycles. The number of amides is 1. The maximum atomic E-state index is 12.4. The van der Waals surface area contributed by atoms with Gasteiger partial charge in [-0.1, -0.05) is 37.6 Å². The number of carbonyl (C=O) groups excluding carboxylic acids is 2. The number of nitrogens with one attached hydrogen (secondary N) is 1. The molecule has 0 spiro atoms. The molecule has 1 N–H and O–H groups in total. The van der Waals surface area contributed by atoms with Crippen molar-refractivity contribution < 1.29 is 23.8 Å². The van der Waals surface area contributed by atoms with Gasteiger partial charge in [0.2, 0.25) is 0 Å². The number of methoxy groups -OCH3 is 1. The lowest BCUT2D eigenvalue weighted by Gasteiger charge is -2.16. The standard InChI is InChI=1S/C21H24ClNO5/c1-13(2)12-27-18-10-9-15(11-19(18)26-4)21(25)28-14(3)20(24)23-17-8-6-5-7-16(17)22/h5-11,13-14H,12H2,1-4H3,(H,23,24)/t14-/m1/s1. The minimum Gasteiger partial charge on any atom is -0.493 e. The third kappa shape index (κ3) is 5.89. The van der Waals surface area contributed by atoms with Crippen molar-refractivity contribution in [1.82, 2.24) is 0 Å². The molecule has 2 aromatic rings. The summed E-state index contributed by atoms with van der Waals surface area (Å²) in [5.74, 6) is 0.188. The van der Waals surface area contributed by atoms with Gasteiger partial charge in [0.05, 0.1) is 30.0 Å². The summed E-state index contributed by atoms with van der Waals surface area (Å²) in [6, 6.07) is 11.6. The van der Waals surface area contributed by atoms with Gasteiger partial charge in [-0.3, -0.25) is 4.79 Å². The third-order valence-electron chi connectivity index (χ3n) is 3.76. The van der Waals surface area contributed by atoms with E-state index in [1.165, 1.54) is 20.1 Å². The summed E-state index contributed by atoms with van der Waals surface area (Å²) < 4.78 is 16.2. The fourth-order valence-electron chi connectivity index (χ4n) is 2.25. The number of benzene rings is 2. The Bertz CT molecular complexity index is 837. The van der Waals surface area contributed by atoms with Crippen LogP contribution in [0.4, 0.5) is 5.69 Å². The highest BCUT2D eigenvalue weighted by Crippen LogP contribution is 2.29. The number of hydrogen-bond acceptors (Lipinski definition) is 5. The van der Waals surface area contributed by atoms with Crippen LogP contribution in [-0.2, 0) is 9.53 Å². The predicted octanol–water partition coefficient (Wildman–Crippen LogP) is 4.57. The lowest BCUT2D eigenvalue weighted by atomic mass is 10.2. The lowest BCUT2D eigenvalue weighted by molar-refractivity contribution is -0.123. The number of halogens is 1. The first kappa shape index (κ1) is 21.6. The molecule has 0 saturated heterocycles. The molecule has 0 aromatic heterocycles. The van der Waals surface area contributed by atoms with Gasteiger partial charge < -0.3 is 19.5 Å². The van der Waals surface area contributed by atoms with Crippen LogP contribution in [0, 0.1) is 5.92 Å². The SMILES string of the molecule is COc1cc(C(=O)O[C@H](C)C(=O)Nc2ccccc2Cl)ccc1OCC(C)C. The van der Waals surface area contributed by atoms with E-state index in [0.29, 0.717) is 34.7 Å². The van der Waals surface area contributed by atoms with Crippen molar-refractivity contribution in [3.05, 3.63) is 53.1 Å². The summed E-state index contributed by atoms with van der Waals surface area (Å²) >= 11 is 6.02. The Kier molecular flexibility index (Phi) is 7.70. The molecule has 1 amide bonds. The molecule has 1 atom stereocenters. The molecule has 0 aliphatic rings. The fourth-order valence-corrected chi connectivity index (χ4v) is 2.43. The Hall–Kier alpha value is -2.73. The van der Waals surface area contributed by atoms with Gasteiger partial charge in [0.25, 0.3) is 5.91 Å². The largest absolute Gasteiger partial charge is 0.493 e. The Morgan fingerprint density at radius 2 is 1.79 bits per heavy atom. The molecular formula is C21H24ClNO5. The van der Waals surface area contributed by atoms with E-state index in [-0.39, 0.29) is 5.56 Å². The highest BCUT2D eigenvalue weighted by Gasteiger charge is 2.21. The topological polar surface area (TPSA) is 73.9 Å². The zero-order valence-electron chi connectivity index (χ0n) is 16.3. The quantitative estimate of drug-likeness (QED) is 0.651. The zero-order valence-corrected chi connectivity index (χ0v) is 17.1. The van der Waals surface area contributed by atoms with Crippen molar-refractivity contribution in [2.45, 2.75) is 26.9 Å². The Labute approximate surface area is 169 Å². The summed E-state index contributed by atoms with van der Waals surface area (Å²) in [4.78, 5) is 24.7. The van der Waals surface area contributed by atoms with Gasteiger partial charge in [0, 0.05) is 0 Å². The van der Waals surface area contributed by atoms with E-state index in [1.807, 2.05) is 13.8 Å². The van der Waals surface area contributed by atoms with Gasteiger partial charge in [-0.25, -0.2) is 4.79 Å². The Morgan fingerprint density at radius 1 is 1.07 bits per heavy atom. The molecule has 2 aromatic carbocycles. The van der Waals surface area contributed by atoms with E-state index in [2.05, 4.69) is 5.32 Å². The molecule has 0 aliphatic carbocycles. The van der Waals surface area contributed by atoms with E-state index in [1.54, 1.807) is 36.4 Å². The average Bonchev–Trinajstić information content (AvgIpc) is 2.67.